The van der Waals surface area contributed by atoms with Crippen molar-refractivity contribution in [2.24, 2.45) is 5.92 Å². The van der Waals surface area contributed by atoms with Crippen LogP contribution in [-0.4, -0.2) is 144 Å². The Labute approximate surface area is 436 Å². The largest absolute Gasteiger partial charge is 0.524 e. The standard InChI is InChI=1S/C49H55N6O19PS/c1-23(2)41(49(68)69)55-47(65)37(22-57)54-46(64)36(21-56)53-45(63)35(17-25-5-10-29(11-6-25)74-75(70,71)72)52-44(62)34(15-16-76-4)51-42(60)24(3)50-43(61)26-7-12-30(33(18-26)48(66)67)40-31-13-8-27(58)19-38(31)73-39-20-28(59)9-14-32(39)40/h5-14,18-20,23-24,34-37,41,56-58H,15-17,21-22H2,1-4H3,(H,50,61)(H,51,60)(H,52,62)(H,53,63)(H,54,64)(H,55,65)(H,66,67)(H,68,69)(H2,70,71,72)/t24-,34-,35-,36-,37-,41-/m0/s1. The van der Waals surface area contributed by atoms with E-state index in [1.54, 1.807) is 6.26 Å². The predicted molar refractivity (Wildman–Crippen MR) is 272 cm³/mol. The molecule has 3 aromatic rings. The van der Waals surface area contributed by atoms with E-state index in [9.17, 15) is 83.0 Å². The number of fused-ring (bicyclic) bond motifs is 2. The smallest absolute Gasteiger partial charge is 0.508 e. The van der Waals surface area contributed by atoms with E-state index in [0.717, 1.165) is 18.2 Å². The van der Waals surface area contributed by atoms with Gasteiger partial charge in [-0.1, -0.05) is 32.0 Å². The average molecular weight is 1100 g/mol. The molecular weight excluding hydrogens is 1040 g/mol. The highest BCUT2D eigenvalue weighted by Gasteiger charge is 2.34. The minimum absolute atomic E-state index is 0.0523. The van der Waals surface area contributed by atoms with Gasteiger partial charge in [-0.25, -0.2) is 14.2 Å². The molecular formula is C49H55N6O19PS. The van der Waals surface area contributed by atoms with E-state index in [1.807, 2.05) is 0 Å². The van der Waals surface area contributed by atoms with E-state index in [4.69, 9.17) is 4.42 Å². The second-order valence-electron chi connectivity index (χ2n) is 17.5. The summed E-state index contributed by atoms with van der Waals surface area (Å²) in [5, 5.41) is 64.6. The van der Waals surface area contributed by atoms with Crippen LogP contribution in [-0.2, 0) is 39.8 Å². The van der Waals surface area contributed by atoms with Gasteiger partial charge in [0.15, 0.2) is 5.43 Å². The maximum absolute atomic E-state index is 14.1. The number of rotatable bonds is 25. The molecule has 6 atom stereocenters. The normalized spacial score (nSPS) is 13.8. The van der Waals surface area contributed by atoms with Crippen LogP contribution in [0.25, 0.3) is 33.4 Å². The molecule has 1 aliphatic carbocycles. The highest BCUT2D eigenvalue weighted by molar-refractivity contribution is 7.98. The summed E-state index contributed by atoms with van der Waals surface area (Å²) in [5.41, 5.74) is 0.236. The lowest BCUT2D eigenvalue weighted by molar-refractivity contribution is -0.144. The summed E-state index contributed by atoms with van der Waals surface area (Å²) >= 11 is 1.28. The van der Waals surface area contributed by atoms with Crippen molar-refractivity contribution in [2.45, 2.75) is 69.9 Å². The Balaban J connectivity index is 1.36. The Morgan fingerprint density at radius 2 is 1.26 bits per heavy atom. The summed E-state index contributed by atoms with van der Waals surface area (Å²) in [7, 11) is -4.97. The van der Waals surface area contributed by atoms with E-state index >= 15 is 0 Å². The molecule has 0 saturated carbocycles. The van der Waals surface area contributed by atoms with Crippen LogP contribution in [0.3, 0.4) is 0 Å². The number of carboxylic acid groups (broad SMARTS) is 2. The van der Waals surface area contributed by atoms with Crippen molar-refractivity contribution < 1.29 is 87.2 Å². The summed E-state index contributed by atoms with van der Waals surface area (Å²) in [4.78, 5) is 137. The fourth-order valence-corrected chi connectivity index (χ4v) is 8.49. The van der Waals surface area contributed by atoms with Gasteiger partial charge in [0, 0.05) is 40.6 Å². The van der Waals surface area contributed by atoms with Gasteiger partial charge in [0.05, 0.1) is 18.8 Å². The van der Waals surface area contributed by atoms with Gasteiger partial charge in [0.2, 0.25) is 29.5 Å². The third kappa shape index (κ3) is 15.6. The molecule has 5 rings (SSSR count). The molecule has 27 heteroatoms. The van der Waals surface area contributed by atoms with Gasteiger partial charge < -0.3 is 66.4 Å². The fraction of sp³-hybridized carbons (Fsp3) is 0.327. The van der Waals surface area contributed by atoms with Gasteiger partial charge in [0.25, 0.3) is 5.91 Å². The van der Waals surface area contributed by atoms with Gasteiger partial charge in [-0.15, -0.1) is 0 Å². The summed E-state index contributed by atoms with van der Waals surface area (Å²) in [6.45, 7) is 2.16. The first-order valence-corrected chi connectivity index (χ1v) is 25.9. The second-order valence-corrected chi connectivity index (χ2v) is 19.6. The second kappa shape index (κ2) is 26.1. The monoisotopic (exact) mass is 1090 g/mol. The molecule has 406 valence electrons. The van der Waals surface area contributed by atoms with Crippen molar-refractivity contribution in [3.63, 3.8) is 0 Å². The van der Waals surface area contributed by atoms with Crippen LogP contribution in [0.15, 0.2) is 88.1 Å². The Bertz CT molecular complexity index is 3070. The Hall–Kier alpha value is -7.87. The molecule has 0 aromatic heterocycles. The number of phosphoric acid groups is 1. The molecule has 6 amide bonds. The van der Waals surface area contributed by atoms with E-state index in [2.05, 4.69) is 36.4 Å². The van der Waals surface area contributed by atoms with Crippen molar-refractivity contribution in [1.82, 2.24) is 31.9 Å². The number of carbonyl (C=O) groups excluding carboxylic acids is 6. The molecule has 3 aromatic carbocycles. The first kappa shape index (κ1) is 59.0. The van der Waals surface area contributed by atoms with Gasteiger partial charge in [-0.2, -0.15) is 11.8 Å². The molecule has 0 unspecified atom stereocenters. The summed E-state index contributed by atoms with van der Waals surface area (Å²) < 4.78 is 21.8. The lowest BCUT2D eigenvalue weighted by atomic mass is 9.90. The number of aromatic carboxylic acids is 1. The third-order valence-corrected chi connectivity index (χ3v) is 12.6. The van der Waals surface area contributed by atoms with E-state index in [0.29, 0.717) is 16.5 Å². The van der Waals surface area contributed by atoms with Crippen LogP contribution in [0.4, 0.5) is 0 Å². The lowest BCUT2D eigenvalue weighted by Gasteiger charge is -2.26. The Morgan fingerprint density at radius 1 is 0.684 bits per heavy atom. The maximum atomic E-state index is 14.1. The van der Waals surface area contributed by atoms with Gasteiger partial charge >= 0.3 is 19.8 Å². The van der Waals surface area contributed by atoms with Gasteiger partial charge in [0.1, 0.15) is 59.1 Å². The van der Waals surface area contributed by atoms with Crippen LogP contribution in [0.5, 0.6) is 11.5 Å². The first-order valence-electron chi connectivity index (χ1n) is 23.0. The molecule has 0 bridgehead atoms. The summed E-state index contributed by atoms with van der Waals surface area (Å²) in [5.74, 6) is -9.70. The molecule has 25 nitrogen and oxygen atoms in total. The maximum Gasteiger partial charge on any atom is 0.524 e. The predicted octanol–water partition coefficient (Wildman–Crippen LogP) is 0.703. The molecule has 0 radical (unpaired) electrons. The minimum Gasteiger partial charge on any atom is -0.508 e. The Kier molecular flexibility index (Phi) is 20.2. The van der Waals surface area contributed by atoms with Gasteiger partial charge in [-0.05, 0) is 90.9 Å². The van der Waals surface area contributed by atoms with Crippen molar-refractivity contribution in [1.29, 1.82) is 0 Å². The summed E-state index contributed by atoms with van der Waals surface area (Å²) in [6.07, 6.45) is 1.26. The van der Waals surface area contributed by atoms with Crippen molar-refractivity contribution in [3.8, 4) is 33.9 Å². The molecule has 1 heterocycles. The zero-order valence-electron chi connectivity index (χ0n) is 41.0. The number of benzene rings is 4. The number of carbonyl (C=O) groups is 8. The number of carboxylic acids is 2. The topological polar surface area (TPSA) is 407 Å². The number of thioether (sulfide) groups is 1. The minimum atomic E-state index is -4.97. The number of aliphatic carboxylic acids is 1. The number of phenols is 1. The summed E-state index contributed by atoms with van der Waals surface area (Å²) in [6, 6.07) is 7.29. The zero-order chi connectivity index (χ0) is 56.2. The van der Waals surface area contributed by atoms with Crippen molar-refractivity contribution >= 4 is 77.9 Å². The molecule has 0 spiro atoms. The fourth-order valence-electron chi connectivity index (χ4n) is 7.62. The number of hydrogen-bond acceptors (Lipinski definition) is 16. The first-order chi connectivity index (χ1) is 35.8. The van der Waals surface area contributed by atoms with Crippen LogP contribution in [0.2, 0.25) is 0 Å². The third-order valence-electron chi connectivity index (χ3n) is 11.5. The number of phenolic OH excluding ortho intramolecular Hbond substituents is 1. The van der Waals surface area contributed by atoms with E-state index in [-0.39, 0.29) is 57.3 Å². The number of amides is 6. The van der Waals surface area contributed by atoms with Crippen LogP contribution in [0.1, 0.15) is 53.5 Å². The van der Waals surface area contributed by atoms with Crippen LogP contribution >= 0.6 is 19.6 Å². The molecule has 1 aliphatic heterocycles. The number of nitrogens with one attached hydrogen (secondary N) is 6. The average Bonchev–Trinajstić information content (AvgIpc) is 3.36. The highest BCUT2D eigenvalue weighted by atomic mass is 32.2. The van der Waals surface area contributed by atoms with Crippen molar-refractivity contribution in [2.75, 3.05) is 25.2 Å². The number of aromatic hydroxyl groups is 1. The van der Waals surface area contributed by atoms with Crippen LogP contribution < -0.4 is 41.9 Å². The number of phosphoric ester groups is 1. The lowest BCUT2D eigenvalue weighted by Crippen LogP contribution is -2.61. The number of aliphatic hydroxyl groups is 2. The van der Waals surface area contributed by atoms with Gasteiger partial charge in [-0.3, -0.25) is 43.3 Å². The van der Waals surface area contributed by atoms with Crippen LogP contribution in [0, 0.1) is 5.92 Å². The van der Waals surface area contributed by atoms with E-state index in [1.165, 1.54) is 93.2 Å². The number of aliphatic hydroxyl groups excluding tert-OH is 2. The highest BCUT2D eigenvalue weighted by Crippen LogP contribution is 2.42. The molecule has 13 N–H and O–H groups in total. The quantitative estimate of drug-likeness (QED) is 0.0283. The van der Waals surface area contributed by atoms with E-state index < -0.39 is 122 Å². The molecule has 0 saturated heterocycles. The number of hydrogen-bond donors (Lipinski definition) is 13. The molecule has 2 aliphatic rings. The SMILES string of the molecule is CSCC[C@H](NC(=O)[C@H](C)NC(=O)c1ccc(-c2c3ccc(=O)cc-3oc3cc(O)ccc23)c(C(=O)O)c1)C(=O)N[C@@H](Cc1ccc(OP(=O)(O)O)cc1)C(=O)N[C@@H](CO)C(=O)N[C@@H](CO)C(=O)N[C@H](C(=O)O)C(C)C. The molecule has 76 heavy (non-hydrogen) atoms. The zero-order valence-corrected chi connectivity index (χ0v) is 42.7. The Morgan fingerprint density at radius 3 is 1.84 bits per heavy atom. The molecule has 0 fully saturated rings. The van der Waals surface area contributed by atoms with Crippen molar-refractivity contribution in [3.05, 3.63) is 106 Å².